The monoisotopic (exact) mass is 700 g/mol. The number of aromatic nitrogens is 1. The number of hydrogen-bond donors (Lipinski definition) is 0. The molecule has 1 aromatic heterocycles. The smallest absolute Gasteiger partial charge is 0.332 e. The molecule has 2 aliphatic heterocycles. The Morgan fingerprint density at radius 1 is 0.500 bits per heavy atom. The maximum absolute atomic E-state index is 2.87. The van der Waals surface area contributed by atoms with Gasteiger partial charge in [-0.25, -0.2) is 0 Å². The molecule has 0 N–H and O–H groups in total. The largest absolute Gasteiger partial charge is 0.377 e. The molecule has 0 amide bonds. The van der Waals surface area contributed by atoms with Gasteiger partial charge in [-0.2, -0.15) is 0 Å². The van der Waals surface area contributed by atoms with E-state index in [9.17, 15) is 0 Å². The molecule has 4 heteroatoms. The summed E-state index contributed by atoms with van der Waals surface area (Å²) in [4.78, 5) is 2.87. The molecule has 3 heterocycles. The molecule has 5 aromatic carbocycles. The lowest BCUT2D eigenvalue weighted by atomic mass is 9.46. The van der Waals surface area contributed by atoms with E-state index in [0.717, 1.165) is 0 Å². The molecule has 0 unspecified atom stereocenters. The van der Waals surface area contributed by atoms with Crippen molar-refractivity contribution in [2.75, 3.05) is 4.81 Å². The Kier molecular flexibility index (Phi) is 7.42. The molecule has 2 aliphatic rings. The summed E-state index contributed by atoms with van der Waals surface area (Å²) in [6.45, 7) is 34.1. The molecule has 0 saturated heterocycles. The van der Waals surface area contributed by atoms with Gasteiger partial charge >= 0.3 is 6.85 Å². The Bertz CT molecular complexity index is 2350. The van der Waals surface area contributed by atoms with E-state index in [1.165, 1.54) is 72.0 Å². The molecule has 0 radical (unpaired) electrons. The number of hydrogen-bond acceptors (Lipinski definition) is 1. The summed E-state index contributed by atoms with van der Waals surface area (Å²) in [5, 5.41) is 5.79. The molecule has 0 atom stereocenters. The molecule has 0 saturated carbocycles. The number of fused-ring (bicyclic) bond motifs is 7. The number of benzene rings is 5. The third kappa shape index (κ3) is 5.03. The molecular weight excluding hydrogens is 643 g/mol. The van der Waals surface area contributed by atoms with Crippen molar-refractivity contribution < 1.29 is 0 Å². The van der Waals surface area contributed by atoms with E-state index in [1.807, 2.05) is 0 Å². The fourth-order valence-electron chi connectivity index (χ4n) is 9.15. The van der Waals surface area contributed by atoms with Crippen LogP contribution in [0.25, 0.3) is 27.5 Å². The Labute approximate surface area is 314 Å². The SMILES string of the molecule is CC(C)(C)c1cc(C(C)(C)C)c2c(c1)[Si](C)(C)c1cc(C(C)(C)C)cc(C(C)(C)C)c1N2B1c2ccccc2-n2c3ccccc3c3cccc1c32. The van der Waals surface area contributed by atoms with Crippen LogP contribution in [-0.2, 0) is 21.7 Å². The third-order valence-corrected chi connectivity index (χ3v) is 15.6. The first-order valence-electron chi connectivity index (χ1n) is 19.4. The molecule has 0 bridgehead atoms. The number of para-hydroxylation sites is 3. The van der Waals surface area contributed by atoms with E-state index in [0.29, 0.717) is 0 Å². The van der Waals surface area contributed by atoms with Gasteiger partial charge in [-0.3, -0.25) is 0 Å². The lowest BCUT2D eigenvalue weighted by Crippen LogP contribution is -2.67. The topological polar surface area (TPSA) is 8.17 Å². The predicted octanol–water partition coefficient (Wildman–Crippen LogP) is 10.4. The Morgan fingerprint density at radius 3 is 1.52 bits per heavy atom. The van der Waals surface area contributed by atoms with Gasteiger partial charge in [-0.1, -0.05) is 175 Å². The second kappa shape index (κ2) is 11.0. The lowest BCUT2D eigenvalue weighted by Gasteiger charge is -2.50. The summed E-state index contributed by atoms with van der Waals surface area (Å²) in [6.07, 6.45) is 0. The summed E-state index contributed by atoms with van der Waals surface area (Å²) in [7, 11) is -2.28. The Morgan fingerprint density at radius 2 is 0.981 bits per heavy atom. The van der Waals surface area contributed by atoms with Crippen molar-refractivity contribution in [1.82, 2.24) is 4.57 Å². The zero-order valence-electron chi connectivity index (χ0n) is 34.1. The van der Waals surface area contributed by atoms with Crippen LogP contribution >= 0.6 is 0 Å². The van der Waals surface area contributed by atoms with E-state index in [4.69, 9.17) is 0 Å². The summed E-state index contributed by atoms with van der Waals surface area (Å²) in [6, 6.07) is 35.7. The zero-order valence-corrected chi connectivity index (χ0v) is 35.1. The first kappa shape index (κ1) is 35.0. The molecule has 0 spiro atoms. The standard InChI is InChI=1S/C48H57BN2Si/c1-45(2,3)30-26-34(47(7,8)9)43-40(28-30)52(13,14)41-29-31(46(4,5)6)27-35(48(10,11)12)44(41)51(43)49-36-22-16-18-25-39(36)50-38-24-17-15-20-32(38)33-21-19-23-37(49)42(33)50/h15-29H,1-14H3. The van der Waals surface area contributed by atoms with Gasteiger partial charge in [0.15, 0.2) is 0 Å². The van der Waals surface area contributed by atoms with Gasteiger partial charge in [0.1, 0.15) is 8.07 Å². The summed E-state index contributed by atoms with van der Waals surface area (Å²) in [5.41, 5.74) is 15.2. The summed E-state index contributed by atoms with van der Waals surface area (Å²) < 4.78 is 2.55. The van der Waals surface area contributed by atoms with Crippen molar-refractivity contribution >= 4 is 69.4 Å². The summed E-state index contributed by atoms with van der Waals surface area (Å²) in [5.74, 6) is 0. The Hall–Kier alpha value is -4.02. The molecule has 8 rings (SSSR count). The van der Waals surface area contributed by atoms with Crippen molar-refractivity contribution in [2.24, 2.45) is 0 Å². The second-order valence-corrected chi connectivity index (χ2v) is 24.7. The molecule has 2 nitrogen and oxygen atoms in total. The van der Waals surface area contributed by atoms with Crippen LogP contribution in [0, 0.1) is 0 Å². The minimum Gasteiger partial charge on any atom is -0.377 e. The van der Waals surface area contributed by atoms with Crippen molar-refractivity contribution in [3.05, 3.63) is 113 Å². The number of rotatable bonds is 1. The molecule has 0 aliphatic carbocycles. The van der Waals surface area contributed by atoms with Gasteiger partial charge in [0, 0.05) is 27.8 Å². The highest BCUT2D eigenvalue weighted by Crippen LogP contribution is 2.47. The third-order valence-electron chi connectivity index (χ3n) is 12.1. The van der Waals surface area contributed by atoms with E-state index in [2.05, 4.69) is 197 Å². The van der Waals surface area contributed by atoms with Gasteiger partial charge in [-0.15, -0.1) is 0 Å². The normalized spacial score (nSPS) is 15.6. The molecule has 52 heavy (non-hydrogen) atoms. The van der Waals surface area contributed by atoms with E-state index in [1.54, 1.807) is 10.4 Å². The number of nitrogens with zero attached hydrogens (tertiary/aromatic N) is 2. The first-order chi connectivity index (χ1) is 24.1. The highest BCUT2D eigenvalue weighted by molar-refractivity contribution is 7.04. The van der Waals surface area contributed by atoms with Crippen molar-refractivity contribution in [1.29, 1.82) is 0 Å². The fourth-order valence-corrected chi connectivity index (χ4v) is 12.2. The van der Waals surface area contributed by atoms with Crippen LogP contribution in [0.2, 0.25) is 13.1 Å². The van der Waals surface area contributed by atoms with Gasteiger partial charge < -0.3 is 9.38 Å². The fraction of sp³-hybridized carbons (Fsp3) is 0.375. The Balaban J connectivity index is 1.61. The van der Waals surface area contributed by atoms with Crippen LogP contribution < -0.4 is 26.1 Å². The molecule has 6 aromatic rings. The van der Waals surface area contributed by atoms with Crippen LogP contribution in [0.4, 0.5) is 11.4 Å². The van der Waals surface area contributed by atoms with E-state index >= 15 is 0 Å². The maximum Gasteiger partial charge on any atom is 0.332 e. The lowest BCUT2D eigenvalue weighted by molar-refractivity contribution is 0.568. The van der Waals surface area contributed by atoms with Crippen LogP contribution in [0.3, 0.4) is 0 Å². The minimum atomic E-state index is -2.28. The summed E-state index contributed by atoms with van der Waals surface area (Å²) >= 11 is 0. The average Bonchev–Trinajstić information content (AvgIpc) is 3.39. The number of anilines is 2. The van der Waals surface area contributed by atoms with Crippen molar-refractivity contribution in [2.45, 2.75) is 118 Å². The van der Waals surface area contributed by atoms with Gasteiger partial charge in [-0.05, 0) is 77.3 Å². The highest BCUT2D eigenvalue weighted by Gasteiger charge is 2.49. The van der Waals surface area contributed by atoms with Crippen LogP contribution in [-0.4, -0.2) is 19.5 Å². The average molecular weight is 701 g/mol. The van der Waals surface area contributed by atoms with E-state index < -0.39 is 8.07 Å². The molecule has 0 fully saturated rings. The molecule has 266 valence electrons. The minimum absolute atomic E-state index is 0.0116. The van der Waals surface area contributed by atoms with Crippen molar-refractivity contribution in [3.8, 4) is 5.69 Å². The van der Waals surface area contributed by atoms with Gasteiger partial charge in [0.05, 0.1) is 11.0 Å². The first-order valence-corrected chi connectivity index (χ1v) is 22.4. The molecular formula is C48H57BN2Si. The van der Waals surface area contributed by atoms with Crippen LogP contribution in [0.15, 0.2) is 91.0 Å². The van der Waals surface area contributed by atoms with Gasteiger partial charge in [0.25, 0.3) is 0 Å². The van der Waals surface area contributed by atoms with Gasteiger partial charge in [0.2, 0.25) is 0 Å². The van der Waals surface area contributed by atoms with Crippen LogP contribution in [0.1, 0.15) is 105 Å². The predicted molar refractivity (Wildman–Crippen MR) is 232 cm³/mol. The van der Waals surface area contributed by atoms with Crippen LogP contribution in [0.5, 0.6) is 0 Å². The maximum atomic E-state index is 2.87. The van der Waals surface area contributed by atoms with Crippen molar-refractivity contribution in [3.63, 3.8) is 0 Å². The quantitative estimate of drug-likeness (QED) is 0.155. The zero-order chi connectivity index (χ0) is 37.5. The highest BCUT2D eigenvalue weighted by atomic mass is 28.3. The second-order valence-electron chi connectivity index (χ2n) is 20.4. The van der Waals surface area contributed by atoms with E-state index in [-0.39, 0.29) is 28.5 Å².